The number of aliphatic hydroxyl groups is 2. The number of amides is 3. The highest BCUT2D eigenvalue weighted by Gasteiger charge is 2.33. The first-order valence-electron chi connectivity index (χ1n) is 7.19. The highest BCUT2D eigenvalue weighted by atomic mass is 16.5. The summed E-state index contributed by atoms with van der Waals surface area (Å²) in [5, 5.41) is 23.6. The Hall–Kier alpha value is -2.45. The molecule has 1 aliphatic rings. The zero-order chi connectivity index (χ0) is 17.0. The zero-order valence-electron chi connectivity index (χ0n) is 12.7. The van der Waals surface area contributed by atoms with E-state index in [-0.39, 0.29) is 12.6 Å². The summed E-state index contributed by atoms with van der Waals surface area (Å²) in [6.07, 6.45) is -0.416. The number of hydrogen-bond donors (Lipinski definition) is 4. The highest BCUT2D eigenvalue weighted by molar-refractivity contribution is 5.90. The second-order valence-corrected chi connectivity index (χ2v) is 5.21. The third-order valence-corrected chi connectivity index (χ3v) is 3.84. The van der Waals surface area contributed by atoms with Crippen molar-refractivity contribution >= 4 is 23.9 Å². The van der Waals surface area contributed by atoms with Gasteiger partial charge in [-0.25, -0.2) is 4.79 Å². The Kier molecular flexibility index (Phi) is 5.30. The fourth-order valence-electron chi connectivity index (χ4n) is 2.72. The van der Waals surface area contributed by atoms with Crippen molar-refractivity contribution < 1.29 is 24.6 Å². The van der Waals surface area contributed by atoms with Crippen LogP contribution in [0.2, 0.25) is 0 Å². The molecular weight excluding hydrogens is 302 g/mol. The first kappa shape index (κ1) is 16.9. The molecule has 124 valence electrons. The second kappa shape index (κ2) is 7.21. The predicted octanol–water partition coefficient (Wildman–Crippen LogP) is -0.237. The van der Waals surface area contributed by atoms with Gasteiger partial charge in [0.2, 0.25) is 12.3 Å². The predicted molar refractivity (Wildman–Crippen MR) is 81.6 cm³/mol. The maximum absolute atomic E-state index is 12.4. The fourth-order valence-corrected chi connectivity index (χ4v) is 2.72. The molecule has 0 aliphatic heterocycles. The smallest absolute Gasteiger partial charge is 0.318 e. The molecule has 0 fully saturated rings. The topological polar surface area (TPSA) is 119 Å². The molecule has 0 saturated carbocycles. The Morgan fingerprint density at radius 3 is 2.78 bits per heavy atom. The average molecular weight is 321 g/mol. The number of aliphatic hydroxyl groups excluding tert-OH is 1. The summed E-state index contributed by atoms with van der Waals surface area (Å²) in [6.45, 7) is -0.376. The molecule has 23 heavy (non-hydrogen) atoms. The van der Waals surface area contributed by atoms with E-state index in [1.807, 2.05) is 0 Å². The lowest BCUT2D eigenvalue weighted by molar-refractivity contribution is -0.178. The van der Waals surface area contributed by atoms with Crippen molar-refractivity contribution in [2.24, 2.45) is 0 Å². The van der Waals surface area contributed by atoms with Gasteiger partial charge in [0.1, 0.15) is 6.29 Å². The van der Waals surface area contributed by atoms with E-state index in [1.54, 1.807) is 18.2 Å². The molecule has 0 saturated heterocycles. The van der Waals surface area contributed by atoms with E-state index in [1.165, 1.54) is 7.05 Å². The van der Waals surface area contributed by atoms with Crippen LogP contribution in [0, 0.1) is 0 Å². The van der Waals surface area contributed by atoms with Crippen LogP contribution in [0.3, 0.4) is 0 Å². The molecule has 0 unspecified atom stereocenters. The van der Waals surface area contributed by atoms with Crippen molar-refractivity contribution in [1.82, 2.24) is 10.2 Å². The maximum Gasteiger partial charge on any atom is 0.318 e. The summed E-state index contributed by atoms with van der Waals surface area (Å²) < 4.78 is 0. The van der Waals surface area contributed by atoms with Crippen molar-refractivity contribution in [2.75, 3.05) is 18.9 Å². The largest absolute Gasteiger partial charge is 0.351 e. The molecule has 1 atom stereocenters. The number of carbonyl (C=O) groups excluding carboxylic acids is 3. The number of hydrogen-bond acceptors (Lipinski definition) is 5. The van der Waals surface area contributed by atoms with Crippen molar-refractivity contribution in [3.8, 4) is 0 Å². The Morgan fingerprint density at radius 1 is 1.43 bits per heavy atom. The number of benzene rings is 1. The van der Waals surface area contributed by atoms with E-state index in [0.717, 1.165) is 16.0 Å². The standard InChI is InChI=1S/C15H19N3O5/c1-16-14(21)17-10-3-5-11-9(8-10)2-4-12(11)13(20)18(6-7-19)15(22)23/h3,5,7-8,12,15,22-23H,2,4,6H2,1H3,(H2,16,17,21)/t12-/m0/s1. The molecule has 0 bridgehead atoms. The van der Waals surface area contributed by atoms with Crippen molar-refractivity contribution in [2.45, 2.75) is 25.2 Å². The lowest BCUT2D eigenvalue weighted by Crippen LogP contribution is -2.43. The van der Waals surface area contributed by atoms with Gasteiger partial charge in [-0.1, -0.05) is 6.07 Å². The molecule has 3 amide bonds. The monoisotopic (exact) mass is 321 g/mol. The first-order valence-corrected chi connectivity index (χ1v) is 7.19. The number of nitrogens with zero attached hydrogens (tertiary/aromatic N) is 1. The second-order valence-electron chi connectivity index (χ2n) is 5.21. The molecule has 0 radical (unpaired) electrons. The zero-order valence-corrected chi connectivity index (χ0v) is 12.7. The molecule has 1 aromatic rings. The number of fused-ring (bicyclic) bond motifs is 1. The number of aldehydes is 1. The summed E-state index contributed by atoms with van der Waals surface area (Å²) >= 11 is 0. The van der Waals surface area contributed by atoms with Crippen LogP contribution in [0.4, 0.5) is 10.5 Å². The van der Waals surface area contributed by atoms with Crippen LogP contribution in [-0.2, 0) is 16.0 Å². The minimum Gasteiger partial charge on any atom is -0.351 e. The van der Waals surface area contributed by atoms with Gasteiger partial charge in [-0.15, -0.1) is 0 Å². The van der Waals surface area contributed by atoms with Gasteiger partial charge < -0.3 is 25.6 Å². The molecule has 8 heteroatoms. The fraction of sp³-hybridized carbons (Fsp3) is 0.400. The summed E-state index contributed by atoms with van der Waals surface area (Å²) in [6, 6.07) is 4.87. The number of urea groups is 1. The molecule has 0 aromatic heterocycles. The van der Waals surface area contributed by atoms with Crippen LogP contribution in [-0.4, -0.2) is 53.3 Å². The molecular formula is C15H19N3O5. The quantitative estimate of drug-likeness (QED) is 0.441. The van der Waals surface area contributed by atoms with Crippen molar-refractivity contribution in [3.05, 3.63) is 29.3 Å². The minimum absolute atomic E-state index is 0.337. The Bertz CT molecular complexity index is 617. The van der Waals surface area contributed by atoms with Crippen LogP contribution in [0.5, 0.6) is 0 Å². The van der Waals surface area contributed by atoms with Gasteiger partial charge in [-0.3, -0.25) is 9.69 Å². The number of nitrogens with one attached hydrogen (secondary N) is 2. The van der Waals surface area contributed by atoms with Gasteiger partial charge >= 0.3 is 6.03 Å². The van der Waals surface area contributed by atoms with E-state index >= 15 is 0 Å². The summed E-state index contributed by atoms with van der Waals surface area (Å²) in [5.41, 5.74) is 2.30. The van der Waals surface area contributed by atoms with Crippen LogP contribution >= 0.6 is 0 Å². The minimum atomic E-state index is -2.01. The van der Waals surface area contributed by atoms with Gasteiger partial charge in [0, 0.05) is 12.7 Å². The Labute approximate surface area is 133 Å². The van der Waals surface area contributed by atoms with Gasteiger partial charge in [0.15, 0.2) is 0 Å². The van der Waals surface area contributed by atoms with E-state index in [2.05, 4.69) is 10.6 Å². The Balaban J connectivity index is 2.19. The van der Waals surface area contributed by atoms with Crippen LogP contribution < -0.4 is 10.6 Å². The summed E-state index contributed by atoms with van der Waals surface area (Å²) in [7, 11) is 1.51. The van der Waals surface area contributed by atoms with Crippen LogP contribution in [0.15, 0.2) is 18.2 Å². The third-order valence-electron chi connectivity index (χ3n) is 3.84. The SMILES string of the molecule is CNC(=O)Nc1ccc2c(c1)CC[C@@H]2C(=O)N(CC=O)C(O)O. The normalized spacial score (nSPS) is 15.9. The third kappa shape index (κ3) is 3.66. The lowest BCUT2D eigenvalue weighted by Gasteiger charge is -2.25. The van der Waals surface area contributed by atoms with Gasteiger partial charge in [-0.2, -0.15) is 0 Å². The maximum atomic E-state index is 12.4. The van der Waals surface area contributed by atoms with E-state index in [4.69, 9.17) is 0 Å². The Morgan fingerprint density at radius 2 is 2.17 bits per heavy atom. The molecule has 0 spiro atoms. The van der Waals surface area contributed by atoms with E-state index in [9.17, 15) is 24.6 Å². The lowest BCUT2D eigenvalue weighted by atomic mass is 9.99. The number of carbonyl (C=O) groups is 3. The molecule has 4 N–H and O–H groups in total. The first-order chi connectivity index (χ1) is 11.0. The summed E-state index contributed by atoms with van der Waals surface area (Å²) in [5.74, 6) is -1.03. The van der Waals surface area contributed by atoms with E-state index < -0.39 is 18.2 Å². The van der Waals surface area contributed by atoms with Crippen LogP contribution in [0.1, 0.15) is 23.5 Å². The molecule has 1 aromatic carbocycles. The molecule has 2 rings (SSSR count). The van der Waals surface area contributed by atoms with Gasteiger partial charge in [0.05, 0.1) is 12.5 Å². The molecule has 1 aliphatic carbocycles. The highest BCUT2D eigenvalue weighted by Crippen LogP contribution is 2.36. The van der Waals surface area contributed by atoms with E-state index in [0.29, 0.717) is 24.8 Å². The van der Waals surface area contributed by atoms with Crippen molar-refractivity contribution in [1.29, 1.82) is 0 Å². The van der Waals surface area contributed by atoms with Gasteiger partial charge in [0.25, 0.3) is 0 Å². The molecule has 8 nitrogen and oxygen atoms in total. The number of anilines is 1. The molecule has 0 heterocycles. The number of aryl methyl sites for hydroxylation is 1. The van der Waals surface area contributed by atoms with Gasteiger partial charge in [-0.05, 0) is 36.1 Å². The number of rotatable bonds is 5. The van der Waals surface area contributed by atoms with Crippen LogP contribution in [0.25, 0.3) is 0 Å². The average Bonchev–Trinajstić information content (AvgIpc) is 2.94. The van der Waals surface area contributed by atoms with Crippen molar-refractivity contribution in [3.63, 3.8) is 0 Å². The summed E-state index contributed by atoms with van der Waals surface area (Å²) in [4.78, 5) is 35.1.